The fraction of sp³-hybridized carbons (Fsp3) is 0.316. The molecular weight excluding hydrogens is 272 g/mol. The van der Waals surface area contributed by atoms with Crippen LogP contribution in [0.5, 0.6) is 0 Å². The van der Waals surface area contributed by atoms with Gasteiger partial charge in [0.15, 0.2) is 0 Å². The lowest BCUT2D eigenvalue weighted by molar-refractivity contribution is 0.248. The van der Waals surface area contributed by atoms with E-state index in [1.807, 2.05) is 48.5 Å². The highest BCUT2D eigenvalue weighted by Gasteiger charge is 2.13. The van der Waals surface area contributed by atoms with Gasteiger partial charge in [0.25, 0.3) is 0 Å². The van der Waals surface area contributed by atoms with Crippen LogP contribution in [-0.4, -0.2) is 6.03 Å². The summed E-state index contributed by atoms with van der Waals surface area (Å²) in [7, 11) is 0. The first-order valence-electron chi connectivity index (χ1n) is 7.95. The summed E-state index contributed by atoms with van der Waals surface area (Å²) >= 11 is 0. The van der Waals surface area contributed by atoms with Gasteiger partial charge in [-0.15, -0.1) is 0 Å². The van der Waals surface area contributed by atoms with Crippen LogP contribution in [0.2, 0.25) is 0 Å². The number of hydrogen-bond acceptors (Lipinski definition) is 1. The number of anilines is 1. The first-order chi connectivity index (χ1) is 10.7. The highest BCUT2D eigenvalue weighted by atomic mass is 16.2. The molecule has 0 aromatic heterocycles. The Morgan fingerprint density at radius 3 is 2.36 bits per heavy atom. The molecule has 116 valence electrons. The number of nitrogens with one attached hydrogen (secondary N) is 2. The van der Waals surface area contributed by atoms with Gasteiger partial charge in [0.1, 0.15) is 0 Å². The van der Waals surface area contributed by atoms with Crippen molar-refractivity contribution in [3.63, 3.8) is 0 Å². The fourth-order valence-electron chi connectivity index (χ4n) is 2.55. The Morgan fingerprint density at radius 2 is 1.68 bits per heavy atom. The molecule has 1 atom stereocenters. The maximum atomic E-state index is 12.3. The van der Waals surface area contributed by atoms with Gasteiger partial charge in [0, 0.05) is 5.69 Å². The Morgan fingerprint density at radius 1 is 1.00 bits per heavy atom. The first-order valence-corrected chi connectivity index (χ1v) is 7.95. The van der Waals surface area contributed by atoms with Crippen LogP contribution < -0.4 is 10.6 Å². The Kier molecular flexibility index (Phi) is 6.01. The lowest BCUT2D eigenvalue weighted by Gasteiger charge is -2.19. The van der Waals surface area contributed by atoms with Crippen LogP contribution in [-0.2, 0) is 6.42 Å². The van der Waals surface area contributed by atoms with E-state index in [-0.39, 0.29) is 12.1 Å². The van der Waals surface area contributed by atoms with E-state index in [1.165, 1.54) is 5.56 Å². The lowest BCUT2D eigenvalue weighted by atomic mass is 10.1. The molecule has 0 fully saturated rings. The molecule has 22 heavy (non-hydrogen) atoms. The number of carbonyl (C=O) groups is 1. The first kappa shape index (κ1) is 16.1. The van der Waals surface area contributed by atoms with Crippen LogP contribution in [0.1, 0.15) is 43.9 Å². The summed E-state index contributed by atoms with van der Waals surface area (Å²) in [6, 6.07) is 17.9. The number of rotatable bonds is 6. The maximum Gasteiger partial charge on any atom is 0.319 e. The molecule has 0 aliphatic heterocycles. The number of para-hydroxylation sites is 1. The van der Waals surface area contributed by atoms with Gasteiger partial charge < -0.3 is 10.6 Å². The van der Waals surface area contributed by atoms with Gasteiger partial charge in [-0.2, -0.15) is 0 Å². The van der Waals surface area contributed by atoms with Crippen LogP contribution in [0.25, 0.3) is 0 Å². The second kappa shape index (κ2) is 8.23. The molecule has 0 aliphatic rings. The number of aryl methyl sites for hydroxylation is 1. The van der Waals surface area contributed by atoms with Crippen molar-refractivity contribution in [1.82, 2.24) is 5.32 Å². The summed E-state index contributed by atoms with van der Waals surface area (Å²) < 4.78 is 0. The van der Waals surface area contributed by atoms with E-state index in [9.17, 15) is 4.79 Å². The second-order valence-electron chi connectivity index (χ2n) is 5.38. The third-order valence-corrected chi connectivity index (χ3v) is 3.70. The average Bonchev–Trinajstić information content (AvgIpc) is 2.55. The van der Waals surface area contributed by atoms with Crippen LogP contribution >= 0.6 is 0 Å². The summed E-state index contributed by atoms with van der Waals surface area (Å²) in [6.07, 6.45) is 2.88. The molecule has 2 aromatic carbocycles. The number of urea groups is 1. The highest BCUT2D eigenvalue weighted by molar-refractivity contribution is 5.90. The SMILES string of the molecule is CCCc1ccccc1NC(=O)NC(CC)c1ccccc1. The third kappa shape index (κ3) is 4.35. The predicted molar refractivity (Wildman–Crippen MR) is 92.1 cm³/mol. The summed E-state index contributed by atoms with van der Waals surface area (Å²) in [5.74, 6) is 0. The molecule has 0 spiro atoms. The zero-order valence-corrected chi connectivity index (χ0v) is 13.3. The quantitative estimate of drug-likeness (QED) is 0.781. The standard InChI is InChI=1S/C19H24N2O/c1-3-10-15-13-8-9-14-18(15)21-19(22)20-17(4-2)16-11-6-5-7-12-16/h5-9,11-14,17H,3-4,10H2,1-2H3,(H2,20,21,22). The number of carbonyl (C=O) groups excluding carboxylic acids is 1. The summed E-state index contributed by atoms with van der Waals surface area (Å²) in [4.78, 5) is 12.3. The lowest BCUT2D eigenvalue weighted by Crippen LogP contribution is -2.32. The predicted octanol–water partition coefficient (Wildman–Crippen LogP) is 4.91. The van der Waals surface area contributed by atoms with Gasteiger partial charge in [0.2, 0.25) is 0 Å². The van der Waals surface area contributed by atoms with Crippen molar-refractivity contribution < 1.29 is 4.79 Å². The molecule has 3 heteroatoms. The molecule has 2 N–H and O–H groups in total. The minimum Gasteiger partial charge on any atom is -0.331 e. The minimum absolute atomic E-state index is 0.0273. The second-order valence-corrected chi connectivity index (χ2v) is 5.38. The normalized spacial score (nSPS) is 11.7. The molecule has 3 nitrogen and oxygen atoms in total. The summed E-state index contributed by atoms with van der Waals surface area (Å²) in [6.45, 7) is 4.21. The molecule has 1 unspecified atom stereocenters. The van der Waals surface area contributed by atoms with Gasteiger partial charge in [-0.3, -0.25) is 0 Å². The monoisotopic (exact) mass is 296 g/mol. The fourth-order valence-corrected chi connectivity index (χ4v) is 2.55. The van der Waals surface area contributed by atoms with Crippen molar-refractivity contribution in [3.05, 3.63) is 65.7 Å². The van der Waals surface area contributed by atoms with Crippen LogP contribution in [0.15, 0.2) is 54.6 Å². The molecule has 0 saturated carbocycles. The van der Waals surface area contributed by atoms with Crippen molar-refractivity contribution in [2.24, 2.45) is 0 Å². The van der Waals surface area contributed by atoms with Crippen molar-refractivity contribution >= 4 is 11.7 Å². The topological polar surface area (TPSA) is 41.1 Å². The number of benzene rings is 2. The zero-order valence-electron chi connectivity index (χ0n) is 13.3. The largest absolute Gasteiger partial charge is 0.331 e. The van der Waals surface area contributed by atoms with Gasteiger partial charge in [-0.25, -0.2) is 4.79 Å². The van der Waals surface area contributed by atoms with Gasteiger partial charge in [-0.1, -0.05) is 68.8 Å². The smallest absolute Gasteiger partial charge is 0.319 e. The molecule has 0 heterocycles. The van der Waals surface area contributed by atoms with E-state index >= 15 is 0 Å². The van der Waals surface area contributed by atoms with Crippen LogP contribution in [0, 0.1) is 0 Å². The molecule has 0 aliphatic carbocycles. The Labute approximate surface area is 132 Å². The molecule has 2 amide bonds. The van der Waals surface area contributed by atoms with Gasteiger partial charge in [0.05, 0.1) is 6.04 Å². The summed E-state index contributed by atoms with van der Waals surface area (Å²) in [5, 5.41) is 6.03. The van der Waals surface area contributed by atoms with E-state index in [4.69, 9.17) is 0 Å². The third-order valence-electron chi connectivity index (χ3n) is 3.70. The molecule has 0 radical (unpaired) electrons. The Hall–Kier alpha value is -2.29. The van der Waals surface area contributed by atoms with Crippen LogP contribution in [0.3, 0.4) is 0 Å². The molecule has 0 saturated heterocycles. The summed E-state index contributed by atoms with van der Waals surface area (Å²) in [5.41, 5.74) is 3.19. The molecule has 2 aromatic rings. The zero-order chi connectivity index (χ0) is 15.8. The van der Waals surface area contributed by atoms with Crippen molar-refractivity contribution in [2.75, 3.05) is 5.32 Å². The maximum absolute atomic E-state index is 12.3. The van der Waals surface area contributed by atoms with Gasteiger partial charge in [-0.05, 0) is 30.0 Å². The van der Waals surface area contributed by atoms with E-state index in [0.29, 0.717) is 0 Å². The van der Waals surface area contributed by atoms with E-state index in [1.54, 1.807) is 0 Å². The van der Waals surface area contributed by atoms with Crippen molar-refractivity contribution in [1.29, 1.82) is 0 Å². The highest BCUT2D eigenvalue weighted by Crippen LogP contribution is 2.19. The molecular formula is C19H24N2O. The van der Waals surface area contributed by atoms with Crippen molar-refractivity contribution in [2.45, 2.75) is 39.2 Å². The van der Waals surface area contributed by atoms with E-state index < -0.39 is 0 Å². The van der Waals surface area contributed by atoms with Gasteiger partial charge >= 0.3 is 6.03 Å². The molecule has 2 rings (SSSR count). The molecule has 0 bridgehead atoms. The number of hydrogen-bond donors (Lipinski definition) is 2. The Balaban J connectivity index is 2.03. The average molecular weight is 296 g/mol. The van der Waals surface area contributed by atoms with Crippen LogP contribution in [0.4, 0.5) is 10.5 Å². The van der Waals surface area contributed by atoms with E-state index in [2.05, 4.69) is 30.5 Å². The Bertz CT molecular complexity index is 595. The number of amides is 2. The van der Waals surface area contributed by atoms with E-state index in [0.717, 1.165) is 30.5 Å². The minimum atomic E-state index is -0.153. The van der Waals surface area contributed by atoms with Crippen molar-refractivity contribution in [3.8, 4) is 0 Å².